The third kappa shape index (κ3) is 2.33. The van der Waals surface area contributed by atoms with E-state index in [-0.39, 0.29) is 11.4 Å². The fraction of sp³-hybridized carbons (Fsp3) is 0.389. The van der Waals surface area contributed by atoms with Gasteiger partial charge >= 0.3 is 0 Å². The zero-order valence-electron chi connectivity index (χ0n) is 14.0. The third-order valence-electron chi connectivity index (χ3n) is 5.30. The summed E-state index contributed by atoms with van der Waals surface area (Å²) < 4.78 is 0. The molecule has 1 spiro atoms. The number of amides is 1. The number of aryl methyl sites for hydroxylation is 1. The number of aromatic nitrogens is 3. The van der Waals surface area contributed by atoms with Gasteiger partial charge in [-0.15, -0.1) is 11.3 Å². The molecular weight excluding hydrogens is 334 g/mol. The molecule has 1 saturated heterocycles. The van der Waals surface area contributed by atoms with Gasteiger partial charge in [0.15, 0.2) is 0 Å². The summed E-state index contributed by atoms with van der Waals surface area (Å²) in [4.78, 5) is 30.2. The monoisotopic (exact) mass is 353 g/mol. The van der Waals surface area contributed by atoms with Crippen LogP contribution < -0.4 is 4.90 Å². The van der Waals surface area contributed by atoms with Crippen LogP contribution in [0.15, 0.2) is 30.0 Å². The molecule has 1 aliphatic heterocycles. The van der Waals surface area contributed by atoms with E-state index in [9.17, 15) is 4.79 Å². The molecule has 0 atom stereocenters. The second-order valence-corrected chi connectivity index (χ2v) is 7.94. The van der Waals surface area contributed by atoms with Crippen LogP contribution in [0.2, 0.25) is 0 Å². The molecule has 2 aliphatic rings. The highest BCUT2D eigenvalue weighted by atomic mass is 32.1. The number of nitrogens with one attached hydrogen (secondary N) is 1. The van der Waals surface area contributed by atoms with Crippen molar-refractivity contribution in [3.8, 4) is 0 Å². The van der Waals surface area contributed by atoms with Crippen LogP contribution in [-0.4, -0.2) is 50.9 Å². The van der Waals surface area contributed by atoms with E-state index in [1.54, 1.807) is 17.7 Å². The maximum Gasteiger partial charge on any atom is 0.264 e. The van der Waals surface area contributed by atoms with Gasteiger partial charge in [-0.2, -0.15) is 0 Å². The number of aromatic amines is 1. The zero-order chi connectivity index (χ0) is 17.0. The molecule has 3 aromatic rings. The predicted molar refractivity (Wildman–Crippen MR) is 98.2 cm³/mol. The number of H-pyrrole nitrogens is 1. The van der Waals surface area contributed by atoms with Crippen molar-refractivity contribution in [3.05, 3.63) is 40.5 Å². The quantitative estimate of drug-likeness (QED) is 0.769. The Morgan fingerprint density at radius 2 is 2.20 bits per heavy atom. The van der Waals surface area contributed by atoms with E-state index >= 15 is 0 Å². The van der Waals surface area contributed by atoms with Gasteiger partial charge in [-0.25, -0.2) is 9.97 Å². The molecule has 128 valence electrons. The number of piperazine rings is 1. The van der Waals surface area contributed by atoms with Crippen LogP contribution >= 0.6 is 11.3 Å². The minimum atomic E-state index is -0.0270. The molecule has 0 unspecified atom stereocenters. The minimum Gasteiger partial charge on any atom is -0.352 e. The number of hydrogen-bond donors (Lipinski definition) is 1. The second kappa shape index (κ2) is 5.29. The molecule has 3 aromatic heterocycles. The average molecular weight is 353 g/mol. The van der Waals surface area contributed by atoms with Crippen molar-refractivity contribution in [3.63, 3.8) is 0 Å². The van der Waals surface area contributed by atoms with Crippen molar-refractivity contribution in [2.45, 2.75) is 25.3 Å². The molecule has 0 bridgehead atoms. The van der Waals surface area contributed by atoms with Crippen LogP contribution in [-0.2, 0) is 0 Å². The van der Waals surface area contributed by atoms with E-state index in [0.717, 1.165) is 59.8 Å². The van der Waals surface area contributed by atoms with Gasteiger partial charge in [0.25, 0.3) is 5.91 Å². The van der Waals surface area contributed by atoms with Gasteiger partial charge in [-0.05, 0) is 42.8 Å². The summed E-state index contributed by atoms with van der Waals surface area (Å²) in [6, 6.07) is 4.03. The molecular formula is C18H19N5OS. The molecule has 1 saturated carbocycles. The van der Waals surface area contributed by atoms with Crippen LogP contribution in [0.25, 0.3) is 11.0 Å². The van der Waals surface area contributed by atoms with Crippen molar-refractivity contribution in [1.29, 1.82) is 0 Å². The number of thiophene rings is 1. The summed E-state index contributed by atoms with van der Waals surface area (Å²) in [6.45, 7) is 4.43. The highest BCUT2D eigenvalue weighted by molar-refractivity contribution is 7.12. The van der Waals surface area contributed by atoms with Crippen molar-refractivity contribution >= 4 is 34.1 Å². The first-order valence-corrected chi connectivity index (χ1v) is 9.44. The summed E-state index contributed by atoms with van der Waals surface area (Å²) in [7, 11) is 0. The van der Waals surface area contributed by atoms with Gasteiger partial charge in [0.2, 0.25) is 0 Å². The summed E-state index contributed by atoms with van der Waals surface area (Å²) in [6.07, 6.45) is 5.65. The lowest BCUT2D eigenvalue weighted by atomic mass is 10.1. The molecule has 7 heteroatoms. The Bertz CT molecular complexity index is 957. The Morgan fingerprint density at radius 1 is 1.32 bits per heavy atom. The molecule has 0 radical (unpaired) electrons. The van der Waals surface area contributed by atoms with Crippen LogP contribution in [0.3, 0.4) is 0 Å². The predicted octanol–water partition coefficient (Wildman–Crippen LogP) is 2.82. The fourth-order valence-electron chi connectivity index (χ4n) is 3.83. The second-order valence-electron chi connectivity index (χ2n) is 7.03. The van der Waals surface area contributed by atoms with Crippen molar-refractivity contribution < 1.29 is 4.79 Å². The van der Waals surface area contributed by atoms with Crippen LogP contribution in [0.1, 0.15) is 28.1 Å². The van der Waals surface area contributed by atoms with E-state index in [0.29, 0.717) is 0 Å². The van der Waals surface area contributed by atoms with E-state index in [1.807, 2.05) is 30.6 Å². The first kappa shape index (κ1) is 14.9. The molecule has 0 aromatic carbocycles. The molecule has 5 rings (SSSR count). The first-order chi connectivity index (χ1) is 12.2. The van der Waals surface area contributed by atoms with Gasteiger partial charge in [0, 0.05) is 25.8 Å². The molecule has 1 amide bonds. The highest BCUT2D eigenvalue weighted by Gasteiger charge is 2.53. The van der Waals surface area contributed by atoms with Crippen LogP contribution in [0, 0.1) is 6.92 Å². The molecule has 6 nitrogen and oxygen atoms in total. The van der Waals surface area contributed by atoms with Crippen LogP contribution in [0.5, 0.6) is 0 Å². The fourth-order valence-corrected chi connectivity index (χ4v) is 4.68. The van der Waals surface area contributed by atoms with E-state index in [4.69, 9.17) is 0 Å². The highest BCUT2D eigenvalue weighted by Crippen LogP contribution is 2.46. The number of nitrogens with zero attached hydrogens (tertiary/aromatic N) is 4. The molecule has 4 heterocycles. The number of carbonyl (C=O) groups excluding carboxylic acids is 1. The Kier molecular flexibility index (Phi) is 3.15. The summed E-state index contributed by atoms with van der Waals surface area (Å²) >= 11 is 1.55. The lowest BCUT2D eigenvalue weighted by molar-refractivity contribution is 0.0629. The number of fused-ring (bicyclic) bond motifs is 1. The molecule has 25 heavy (non-hydrogen) atoms. The van der Waals surface area contributed by atoms with Gasteiger partial charge < -0.3 is 14.8 Å². The van der Waals surface area contributed by atoms with Crippen molar-refractivity contribution in [1.82, 2.24) is 19.9 Å². The maximum atomic E-state index is 13.0. The third-order valence-corrected chi connectivity index (χ3v) is 6.33. The number of anilines is 1. The summed E-state index contributed by atoms with van der Waals surface area (Å²) in [5.74, 6) is 1.15. The first-order valence-electron chi connectivity index (χ1n) is 8.56. The summed E-state index contributed by atoms with van der Waals surface area (Å²) in [5.41, 5.74) is 2.00. The Labute approximate surface area is 149 Å². The van der Waals surface area contributed by atoms with Gasteiger partial charge in [-0.3, -0.25) is 4.79 Å². The van der Waals surface area contributed by atoms with Crippen molar-refractivity contribution in [2.75, 3.05) is 24.5 Å². The van der Waals surface area contributed by atoms with E-state index < -0.39 is 0 Å². The SMILES string of the molecule is Cc1csc(C(=O)N2CCN(c3ncnc4[nH]ccc34)CC23CC3)c1. The Hall–Kier alpha value is -2.41. The lowest BCUT2D eigenvalue weighted by Gasteiger charge is -2.42. The normalized spacial score (nSPS) is 18.9. The van der Waals surface area contributed by atoms with E-state index in [2.05, 4.69) is 24.8 Å². The van der Waals surface area contributed by atoms with Gasteiger partial charge in [-0.1, -0.05) is 0 Å². The topological polar surface area (TPSA) is 65.1 Å². The van der Waals surface area contributed by atoms with Gasteiger partial charge in [0.05, 0.1) is 15.8 Å². The van der Waals surface area contributed by atoms with Gasteiger partial charge in [0.1, 0.15) is 17.8 Å². The standard InChI is InChI=1S/C18H19N5OS/c1-12-8-14(25-9-12)17(24)23-7-6-22(10-18(23)3-4-18)16-13-2-5-19-15(13)20-11-21-16/h2,5,8-9,11H,3-4,6-7,10H2,1H3,(H,19,20,21). The minimum absolute atomic E-state index is 0.0270. The lowest BCUT2D eigenvalue weighted by Crippen LogP contribution is -2.57. The number of rotatable bonds is 2. The largest absolute Gasteiger partial charge is 0.352 e. The smallest absolute Gasteiger partial charge is 0.264 e. The Morgan fingerprint density at radius 3 is 2.96 bits per heavy atom. The molecule has 1 N–H and O–H groups in total. The number of hydrogen-bond acceptors (Lipinski definition) is 5. The summed E-state index contributed by atoms with van der Waals surface area (Å²) in [5, 5.41) is 3.10. The van der Waals surface area contributed by atoms with Crippen molar-refractivity contribution in [2.24, 2.45) is 0 Å². The Balaban J connectivity index is 1.43. The molecule has 2 fully saturated rings. The zero-order valence-corrected chi connectivity index (χ0v) is 14.8. The average Bonchev–Trinajstić information content (AvgIpc) is 3.03. The maximum absolute atomic E-state index is 13.0. The molecule has 1 aliphatic carbocycles. The number of carbonyl (C=O) groups is 1. The van der Waals surface area contributed by atoms with E-state index in [1.165, 1.54) is 0 Å². The van der Waals surface area contributed by atoms with Crippen LogP contribution in [0.4, 0.5) is 5.82 Å².